The molecule has 0 saturated carbocycles. The fourth-order valence-corrected chi connectivity index (χ4v) is 1.76. The molecular weight excluding hydrogens is 222 g/mol. The zero-order valence-corrected chi connectivity index (χ0v) is 9.00. The topological polar surface area (TPSA) is 80.4 Å². The van der Waals surface area contributed by atoms with Crippen molar-refractivity contribution in [2.75, 3.05) is 5.75 Å². The number of benzene rings is 1. The molecule has 0 amide bonds. The second-order valence-corrected chi connectivity index (χ2v) is 4.62. The summed E-state index contributed by atoms with van der Waals surface area (Å²) in [7, 11) is -4.15. The molecule has 0 aliphatic carbocycles. The summed E-state index contributed by atoms with van der Waals surface area (Å²) in [5.74, 6) is 0.412. The van der Waals surface area contributed by atoms with Gasteiger partial charge in [0.25, 0.3) is 10.1 Å². The van der Waals surface area contributed by atoms with Crippen LogP contribution in [0.5, 0.6) is 0 Å². The van der Waals surface area contributed by atoms with E-state index in [4.69, 9.17) is 10.3 Å². The molecule has 78 valence electrons. The van der Waals surface area contributed by atoms with Crippen molar-refractivity contribution in [2.24, 2.45) is 5.73 Å². The molecule has 3 N–H and O–H groups in total. The highest BCUT2D eigenvalue weighted by Crippen LogP contribution is 2.16. The summed E-state index contributed by atoms with van der Waals surface area (Å²) in [6, 6.07) is 5.54. The highest BCUT2D eigenvalue weighted by atomic mass is 32.2. The Morgan fingerprint density at radius 2 is 2.14 bits per heavy atom. The minimum Gasteiger partial charge on any atom is -0.323 e. The van der Waals surface area contributed by atoms with Crippen molar-refractivity contribution in [1.82, 2.24) is 0 Å². The second kappa shape index (κ2) is 4.31. The summed E-state index contributed by atoms with van der Waals surface area (Å²) in [6.45, 7) is 0. The molecule has 0 bridgehead atoms. The van der Waals surface area contributed by atoms with E-state index in [1.54, 1.807) is 6.07 Å². The van der Waals surface area contributed by atoms with Crippen LogP contribution in [-0.2, 0) is 10.1 Å². The van der Waals surface area contributed by atoms with Crippen LogP contribution in [0.2, 0.25) is 0 Å². The molecule has 0 aromatic heterocycles. The summed E-state index contributed by atoms with van der Waals surface area (Å²) in [5, 5.41) is 0. The van der Waals surface area contributed by atoms with Gasteiger partial charge in [-0.15, -0.1) is 0 Å². The first-order valence-corrected chi connectivity index (χ1v) is 5.96. The van der Waals surface area contributed by atoms with Gasteiger partial charge in [-0.05, 0) is 17.7 Å². The average molecular weight is 233 g/mol. The van der Waals surface area contributed by atoms with E-state index in [2.05, 4.69) is 12.6 Å². The van der Waals surface area contributed by atoms with Gasteiger partial charge in [-0.1, -0.05) is 12.1 Å². The summed E-state index contributed by atoms with van der Waals surface area (Å²) in [6.07, 6.45) is 0. The molecule has 1 atom stereocenters. The van der Waals surface area contributed by atoms with E-state index in [0.29, 0.717) is 11.3 Å². The molecule has 0 fully saturated rings. The third-order valence-electron chi connectivity index (χ3n) is 1.78. The Morgan fingerprint density at radius 1 is 1.50 bits per heavy atom. The van der Waals surface area contributed by atoms with Crippen LogP contribution < -0.4 is 5.73 Å². The summed E-state index contributed by atoms with van der Waals surface area (Å²) >= 11 is 4.00. The van der Waals surface area contributed by atoms with Crippen LogP contribution in [-0.4, -0.2) is 18.7 Å². The Kier molecular flexibility index (Phi) is 3.54. The van der Waals surface area contributed by atoms with Gasteiger partial charge < -0.3 is 5.73 Å². The highest BCUT2D eigenvalue weighted by molar-refractivity contribution is 7.85. The van der Waals surface area contributed by atoms with E-state index in [1.165, 1.54) is 18.2 Å². The molecular formula is C8H11NO3S2. The lowest BCUT2D eigenvalue weighted by Crippen LogP contribution is -2.12. The second-order valence-electron chi connectivity index (χ2n) is 2.84. The standard InChI is InChI=1S/C8H11NO3S2/c9-8(5-13)6-2-1-3-7(4-6)14(10,11)12/h1-4,8,13H,5,9H2,(H,10,11,12). The Morgan fingerprint density at radius 3 is 2.64 bits per heavy atom. The molecule has 1 aromatic carbocycles. The zero-order chi connectivity index (χ0) is 10.8. The molecule has 6 heteroatoms. The molecule has 4 nitrogen and oxygen atoms in total. The number of rotatable bonds is 3. The average Bonchev–Trinajstić information content (AvgIpc) is 2.15. The van der Waals surface area contributed by atoms with Crippen LogP contribution in [0, 0.1) is 0 Å². The van der Waals surface area contributed by atoms with Crippen LogP contribution in [0.1, 0.15) is 11.6 Å². The Hall–Kier alpha value is -0.560. The fraction of sp³-hybridized carbons (Fsp3) is 0.250. The number of nitrogens with two attached hydrogens (primary N) is 1. The first-order chi connectivity index (χ1) is 6.45. The van der Waals surface area contributed by atoms with Gasteiger partial charge in [0.15, 0.2) is 0 Å². The maximum atomic E-state index is 10.8. The highest BCUT2D eigenvalue weighted by Gasteiger charge is 2.11. The van der Waals surface area contributed by atoms with Crippen molar-refractivity contribution in [1.29, 1.82) is 0 Å². The summed E-state index contributed by atoms with van der Waals surface area (Å²) in [5.41, 5.74) is 6.29. The van der Waals surface area contributed by atoms with E-state index in [0.717, 1.165) is 0 Å². The third kappa shape index (κ3) is 2.71. The lowest BCUT2D eigenvalue weighted by molar-refractivity contribution is 0.483. The first-order valence-electron chi connectivity index (χ1n) is 3.89. The van der Waals surface area contributed by atoms with E-state index >= 15 is 0 Å². The van der Waals surface area contributed by atoms with Crippen molar-refractivity contribution in [3.05, 3.63) is 29.8 Å². The van der Waals surface area contributed by atoms with Gasteiger partial charge in [-0.25, -0.2) is 0 Å². The minimum atomic E-state index is -4.15. The van der Waals surface area contributed by atoms with Crippen molar-refractivity contribution in [3.63, 3.8) is 0 Å². The van der Waals surface area contributed by atoms with Crippen molar-refractivity contribution < 1.29 is 13.0 Å². The normalized spacial score (nSPS) is 13.9. The van der Waals surface area contributed by atoms with Crippen LogP contribution in [0.25, 0.3) is 0 Å². The monoisotopic (exact) mass is 233 g/mol. The van der Waals surface area contributed by atoms with Crippen LogP contribution in [0.15, 0.2) is 29.2 Å². The van der Waals surface area contributed by atoms with Crippen molar-refractivity contribution >= 4 is 22.7 Å². The SMILES string of the molecule is NC(CS)c1cccc(S(=O)(=O)O)c1. The Balaban J connectivity index is 3.14. The van der Waals surface area contributed by atoms with Gasteiger partial charge in [0, 0.05) is 11.8 Å². The molecule has 1 aromatic rings. The van der Waals surface area contributed by atoms with E-state index in [-0.39, 0.29) is 10.9 Å². The minimum absolute atomic E-state index is 0.146. The predicted molar refractivity (Wildman–Crippen MR) is 57.0 cm³/mol. The molecule has 1 unspecified atom stereocenters. The van der Waals surface area contributed by atoms with Gasteiger partial charge in [-0.3, -0.25) is 4.55 Å². The van der Waals surface area contributed by atoms with Gasteiger partial charge >= 0.3 is 0 Å². The van der Waals surface area contributed by atoms with Crippen LogP contribution in [0.3, 0.4) is 0 Å². The number of thiol groups is 1. The molecule has 0 heterocycles. The number of hydrogen-bond donors (Lipinski definition) is 3. The fourth-order valence-electron chi connectivity index (χ4n) is 1.01. The first kappa shape index (κ1) is 11.5. The van der Waals surface area contributed by atoms with Gasteiger partial charge in [0.2, 0.25) is 0 Å². The quantitative estimate of drug-likeness (QED) is 0.534. The van der Waals surface area contributed by atoms with Crippen molar-refractivity contribution in [3.8, 4) is 0 Å². The van der Waals surface area contributed by atoms with E-state index in [9.17, 15) is 8.42 Å². The maximum Gasteiger partial charge on any atom is 0.294 e. The largest absolute Gasteiger partial charge is 0.323 e. The van der Waals surface area contributed by atoms with E-state index < -0.39 is 10.1 Å². The van der Waals surface area contributed by atoms with E-state index in [1.807, 2.05) is 0 Å². The molecule has 0 spiro atoms. The summed E-state index contributed by atoms with van der Waals surface area (Å²) < 4.78 is 30.4. The Bertz CT molecular complexity index is 416. The van der Waals surface area contributed by atoms with Crippen LogP contribution >= 0.6 is 12.6 Å². The molecule has 14 heavy (non-hydrogen) atoms. The lowest BCUT2D eigenvalue weighted by Gasteiger charge is -2.08. The smallest absolute Gasteiger partial charge is 0.294 e. The predicted octanol–water partition coefficient (Wildman–Crippen LogP) is 0.863. The molecule has 0 aliphatic rings. The van der Waals surface area contributed by atoms with Crippen LogP contribution in [0.4, 0.5) is 0 Å². The number of hydrogen-bond acceptors (Lipinski definition) is 4. The third-order valence-corrected chi connectivity index (χ3v) is 3.02. The molecule has 0 radical (unpaired) electrons. The summed E-state index contributed by atoms with van der Waals surface area (Å²) in [4.78, 5) is -0.146. The Labute approximate surface area is 88.3 Å². The lowest BCUT2D eigenvalue weighted by atomic mass is 10.1. The zero-order valence-electron chi connectivity index (χ0n) is 7.29. The molecule has 1 rings (SSSR count). The maximum absolute atomic E-state index is 10.8. The molecule has 0 saturated heterocycles. The molecule has 0 aliphatic heterocycles. The van der Waals surface area contributed by atoms with Gasteiger partial charge in [-0.2, -0.15) is 21.0 Å². The van der Waals surface area contributed by atoms with Gasteiger partial charge in [0.05, 0.1) is 4.90 Å². The van der Waals surface area contributed by atoms with Crippen molar-refractivity contribution in [2.45, 2.75) is 10.9 Å². The van der Waals surface area contributed by atoms with Gasteiger partial charge in [0.1, 0.15) is 0 Å².